The van der Waals surface area contributed by atoms with Gasteiger partial charge < -0.3 is 10.6 Å². The SMILES string of the molecule is Cc1ccc(N(Cc2cccs2)C(C)C)c(C(=N)N)c1. The van der Waals surface area contributed by atoms with Crippen LogP contribution in [0.15, 0.2) is 35.7 Å². The number of nitrogen functional groups attached to an aromatic ring is 1. The maximum absolute atomic E-state index is 7.81. The molecule has 20 heavy (non-hydrogen) atoms. The van der Waals surface area contributed by atoms with Crippen LogP contribution in [-0.2, 0) is 6.54 Å². The highest BCUT2D eigenvalue weighted by atomic mass is 32.1. The van der Waals surface area contributed by atoms with E-state index in [2.05, 4.69) is 48.4 Å². The number of anilines is 1. The van der Waals surface area contributed by atoms with Crippen molar-refractivity contribution in [1.29, 1.82) is 5.41 Å². The summed E-state index contributed by atoms with van der Waals surface area (Å²) in [5.41, 5.74) is 8.73. The van der Waals surface area contributed by atoms with Crippen molar-refractivity contribution in [2.75, 3.05) is 4.90 Å². The monoisotopic (exact) mass is 287 g/mol. The van der Waals surface area contributed by atoms with Crippen LogP contribution in [-0.4, -0.2) is 11.9 Å². The molecule has 3 nitrogen and oxygen atoms in total. The Morgan fingerprint density at radius 1 is 1.35 bits per heavy atom. The zero-order valence-electron chi connectivity index (χ0n) is 12.2. The van der Waals surface area contributed by atoms with Gasteiger partial charge in [0, 0.05) is 22.2 Å². The fourth-order valence-electron chi connectivity index (χ4n) is 2.23. The first-order chi connectivity index (χ1) is 9.49. The van der Waals surface area contributed by atoms with Gasteiger partial charge in [-0.05, 0) is 44.4 Å². The van der Waals surface area contributed by atoms with Gasteiger partial charge in [0.15, 0.2) is 0 Å². The van der Waals surface area contributed by atoms with E-state index in [-0.39, 0.29) is 5.84 Å². The van der Waals surface area contributed by atoms with Gasteiger partial charge in [-0.2, -0.15) is 0 Å². The summed E-state index contributed by atoms with van der Waals surface area (Å²) in [7, 11) is 0. The highest BCUT2D eigenvalue weighted by Gasteiger charge is 2.17. The molecule has 106 valence electrons. The lowest BCUT2D eigenvalue weighted by atomic mass is 10.1. The van der Waals surface area contributed by atoms with Crippen LogP contribution >= 0.6 is 11.3 Å². The van der Waals surface area contributed by atoms with E-state index >= 15 is 0 Å². The molecule has 3 N–H and O–H groups in total. The largest absolute Gasteiger partial charge is 0.384 e. The standard InChI is InChI=1S/C16H21N3S/c1-11(2)19(10-13-5-4-8-20-13)15-7-6-12(3)9-14(15)16(17)18/h4-9,11H,10H2,1-3H3,(H3,17,18). The lowest BCUT2D eigenvalue weighted by Gasteiger charge is -2.30. The predicted octanol–water partition coefficient (Wildman–Crippen LogP) is 3.76. The first-order valence-electron chi connectivity index (χ1n) is 6.73. The fraction of sp³-hybridized carbons (Fsp3) is 0.312. The molecule has 0 aliphatic carbocycles. The molecule has 0 atom stereocenters. The molecule has 0 spiro atoms. The average molecular weight is 287 g/mol. The molecule has 2 aromatic rings. The highest BCUT2D eigenvalue weighted by molar-refractivity contribution is 7.09. The quantitative estimate of drug-likeness (QED) is 0.650. The van der Waals surface area contributed by atoms with Crippen LogP contribution in [0.1, 0.15) is 29.9 Å². The fourth-order valence-corrected chi connectivity index (χ4v) is 2.94. The van der Waals surface area contributed by atoms with Gasteiger partial charge in [-0.15, -0.1) is 11.3 Å². The van der Waals surface area contributed by atoms with E-state index < -0.39 is 0 Å². The number of benzene rings is 1. The van der Waals surface area contributed by atoms with E-state index in [0.29, 0.717) is 6.04 Å². The Balaban J connectivity index is 2.41. The number of hydrogen-bond acceptors (Lipinski definition) is 3. The summed E-state index contributed by atoms with van der Waals surface area (Å²) in [5, 5.41) is 9.90. The van der Waals surface area contributed by atoms with E-state index in [9.17, 15) is 0 Å². The summed E-state index contributed by atoms with van der Waals surface area (Å²) < 4.78 is 0. The summed E-state index contributed by atoms with van der Waals surface area (Å²) >= 11 is 1.75. The summed E-state index contributed by atoms with van der Waals surface area (Å²) in [6, 6.07) is 10.7. The van der Waals surface area contributed by atoms with Crippen molar-refractivity contribution < 1.29 is 0 Å². The van der Waals surface area contributed by atoms with Crippen LogP contribution in [0.25, 0.3) is 0 Å². The zero-order chi connectivity index (χ0) is 14.7. The molecule has 0 radical (unpaired) electrons. The van der Waals surface area contributed by atoms with Crippen LogP contribution < -0.4 is 10.6 Å². The van der Waals surface area contributed by atoms with Crippen molar-refractivity contribution in [2.24, 2.45) is 5.73 Å². The second-order valence-corrected chi connectivity index (χ2v) is 6.27. The number of rotatable bonds is 5. The van der Waals surface area contributed by atoms with Gasteiger partial charge in [-0.1, -0.05) is 17.7 Å². The van der Waals surface area contributed by atoms with Crippen LogP contribution in [0.4, 0.5) is 5.69 Å². The molecule has 0 aliphatic heterocycles. The molecule has 2 rings (SSSR count). The number of hydrogen-bond donors (Lipinski definition) is 2. The van der Waals surface area contributed by atoms with Crippen LogP contribution in [0.5, 0.6) is 0 Å². The Morgan fingerprint density at radius 2 is 2.10 bits per heavy atom. The number of amidine groups is 1. The van der Waals surface area contributed by atoms with Gasteiger partial charge >= 0.3 is 0 Å². The van der Waals surface area contributed by atoms with E-state index in [4.69, 9.17) is 11.1 Å². The minimum Gasteiger partial charge on any atom is -0.384 e. The molecule has 0 saturated heterocycles. The first kappa shape index (κ1) is 14.6. The Labute approximate surface area is 124 Å². The molecule has 1 heterocycles. The van der Waals surface area contributed by atoms with Gasteiger partial charge in [0.1, 0.15) is 5.84 Å². The van der Waals surface area contributed by atoms with Gasteiger partial charge in [-0.25, -0.2) is 0 Å². The second-order valence-electron chi connectivity index (χ2n) is 5.24. The summed E-state index contributed by atoms with van der Waals surface area (Å²) in [6.07, 6.45) is 0. The molecule has 0 saturated carbocycles. The van der Waals surface area contributed by atoms with Crippen molar-refractivity contribution >= 4 is 22.9 Å². The molecular weight excluding hydrogens is 266 g/mol. The second kappa shape index (κ2) is 6.09. The number of nitrogens with two attached hydrogens (primary N) is 1. The number of nitrogens with zero attached hydrogens (tertiary/aromatic N) is 1. The maximum Gasteiger partial charge on any atom is 0.124 e. The van der Waals surface area contributed by atoms with Gasteiger partial charge in [0.25, 0.3) is 0 Å². The Kier molecular flexibility index (Phi) is 4.45. The first-order valence-corrected chi connectivity index (χ1v) is 7.61. The molecule has 0 unspecified atom stereocenters. The lowest BCUT2D eigenvalue weighted by Crippen LogP contribution is -2.32. The molecule has 0 fully saturated rings. The Bertz CT molecular complexity index is 588. The Morgan fingerprint density at radius 3 is 2.65 bits per heavy atom. The molecule has 4 heteroatoms. The molecule has 0 bridgehead atoms. The van der Waals surface area contributed by atoms with Crippen LogP contribution in [0.2, 0.25) is 0 Å². The van der Waals surface area contributed by atoms with Crippen LogP contribution in [0.3, 0.4) is 0 Å². The van der Waals surface area contributed by atoms with E-state index in [0.717, 1.165) is 23.4 Å². The molecule has 1 aromatic heterocycles. The third kappa shape index (κ3) is 3.20. The van der Waals surface area contributed by atoms with Gasteiger partial charge in [0.05, 0.1) is 6.54 Å². The molecular formula is C16H21N3S. The number of thiophene rings is 1. The van der Waals surface area contributed by atoms with E-state index in [1.807, 2.05) is 13.0 Å². The number of aryl methyl sites for hydroxylation is 1. The normalized spacial score (nSPS) is 10.8. The minimum atomic E-state index is 0.125. The van der Waals surface area contributed by atoms with Crippen molar-refractivity contribution in [2.45, 2.75) is 33.4 Å². The zero-order valence-corrected chi connectivity index (χ0v) is 13.0. The van der Waals surface area contributed by atoms with Crippen LogP contribution in [0, 0.1) is 12.3 Å². The van der Waals surface area contributed by atoms with E-state index in [1.165, 1.54) is 4.88 Å². The summed E-state index contributed by atoms with van der Waals surface area (Å²) in [6.45, 7) is 7.20. The molecule has 1 aromatic carbocycles. The van der Waals surface area contributed by atoms with Crippen molar-refractivity contribution in [3.8, 4) is 0 Å². The highest BCUT2D eigenvalue weighted by Crippen LogP contribution is 2.26. The smallest absolute Gasteiger partial charge is 0.124 e. The average Bonchev–Trinajstić information content (AvgIpc) is 2.89. The summed E-state index contributed by atoms with van der Waals surface area (Å²) in [5.74, 6) is 0.125. The van der Waals surface area contributed by atoms with E-state index in [1.54, 1.807) is 11.3 Å². The topological polar surface area (TPSA) is 53.1 Å². The van der Waals surface area contributed by atoms with Crippen molar-refractivity contribution in [3.05, 3.63) is 51.7 Å². The van der Waals surface area contributed by atoms with Gasteiger partial charge in [-0.3, -0.25) is 5.41 Å². The third-order valence-electron chi connectivity index (χ3n) is 3.28. The van der Waals surface area contributed by atoms with Gasteiger partial charge in [0.2, 0.25) is 0 Å². The molecule has 0 aliphatic rings. The number of nitrogens with one attached hydrogen (secondary N) is 1. The lowest BCUT2D eigenvalue weighted by molar-refractivity contribution is 0.686. The molecule has 0 amide bonds. The third-order valence-corrected chi connectivity index (χ3v) is 4.14. The predicted molar refractivity (Wildman–Crippen MR) is 87.8 cm³/mol. The van der Waals surface area contributed by atoms with Crippen molar-refractivity contribution in [3.63, 3.8) is 0 Å². The minimum absolute atomic E-state index is 0.125. The Hall–Kier alpha value is -1.81. The summed E-state index contributed by atoms with van der Waals surface area (Å²) in [4.78, 5) is 3.61. The van der Waals surface area contributed by atoms with Crippen molar-refractivity contribution in [1.82, 2.24) is 0 Å². The maximum atomic E-state index is 7.81.